The number of aliphatic hydroxyl groups is 2. The Morgan fingerprint density at radius 1 is 1.00 bits per heavy atom. The average molecular weight is 316 g/mol. The number of carbonyl (C=O) groups is 1. The fraction of sp³-hybridized carbons (Fsp3) is 0.923. The van der Waals surface area contributed by atoms with Crippen molar-refractivity contribution in [1.82, 2.24) is 0 Å². The predicted molar refractivity (Wildman–Crippen MR) is 82.8 cm³/mol. The van der Waals surface area contributed by atoms with Gasteiger partial charge in [0, 0.05) is 12.9 Å². The highest BCUT2D eigenvalue weighted by Crippen LogP contribution is 2.00. The molecule has 0 aliphatic rings. The molecule has 0 aromatic rings. The van der Waals surface area contributed by atoms with Crippen LogP contribution in [0.1, 0.15) is 20.3 Å². The minimum absolute atomic E-state index is 0. The highest BCUT2D eigenvalue weighted by molar-refractivity contribution is 6.18. The summed E-state index contributed by atoms with van der Waals surface area (Å²) in [4.78, 5) is 20.1. The fourth-order valence-electron chi connectivity index (χ4n) is 1.25. The maximum absolute atomic E-state index is 10.8. The van der Waals surface area contributed by atoms with E-state index >= 15 is 0 Å². The van der Waals surface area contributed by atoms with E-state index in [1.54, 1.807) is 0 Å². The lowest BCUT2D eigenvalue weighted by molar-refractivity contribution is -0.303. The average Bonchev–Trinajstić information content (AvgIpc) is 2.48. The quantitative estimate of drug-likeness (QED) is 0.151. The molecule has 0 amide bonds. The summed E-state index contributed by atoms with van der Waals surface area (Å²) in [5, 5.41) is 18.9. The molecule has 22 heavy (non-hydrogen) atoms. The molecule has 0 aromatic heterocycles. The number of ether oxygens (including phenoxy) is 2. The molecule has 9 heteroatoms. The van der Waals surface area contributed by atoms with Crippen LogP contribution in [0.25, 0.3) is 0 Å². The largest absolute Gasteiger partial charge is 0.463 e. The molecule has 0 aliphatic heterocycles. The molecule has 7 nitrogen and oxygen atoms in total. The molecule has 4 radical (unpaired) electrons. The zero-order valence-corrected chi connectivity index (χ0v) is 12.1. The van der Waals surface area contributed by atoms with Gasteiger partial charge in [-0.2, -0.15) is 0 Å². The van der Waals surface area contributed by atoms with Gasteiger partial charge in [-0.15, -0.1) is 0 Å². The molecule has 2 atom stereocenters. The molecule has 0 bridgehead atoms. The Morgan fingerprint density at radius 3 is 2.36 bits per heavy atom. The summed E-state index contributed by atoms with van der Waals surface area (Å²) in [6, 6.07) is 0. The first kappa shape index (κ1) is 23.7. The third kappa shape index (κ3) is 15.8. The van der Waals surface area contributed by atoms with E-state index in [1.807, 2.05) is 0 Å². The van der Waals surface area contributed by atoms with Crippen molar-refractivity contribution in [2.75, 3.05) is 33.0 Å². The summed E-state index contributed by atoms with van der Waals surface area (Å²) < 4.78 is 9.88. The summed E-state index contributed by atoms with van der Waals surface area (Å²) in [6.07, 6.45) is -0.414. The van der Waals surface area contributed by atoms with Crippen LogP contribution in [-0.4, -0.2) is 77.1 Å². The third-order valence-corrected chi connectivity index (χ3v) is 2.28. The van der Waals surface area contributed by atoms with Gasteiger partial charge in [0.05, 0.1) is 35.0 Å². The number of aliphatic hydroxyl groups excluding tert-OH is 2. The maximum Gasteiger partial charge on any atom is 0.297 e. The van der Waals surface area contributed by atoms with E-state index in [0.717, 1.165) is 0 Å². The van der Waals surface area contributed by atoms with Crippen LogP contribution in [0, 0.1) is 0 Å². The Kier molecular flexibility index (Phi) is 18.0. The number of rotatable bonds is 14. The second-order valence-electron chi connectivity index (χ2n) is 4.31. The molecule has 0 saturated heterocycles. The number of esters is 1. The van der Waals surface area contributed by atoms with Gasteiger partial charge in [-0.05, 0) is 12.8 Å². The number of carbonyl (C=O) groups excluding carboxylic acids is 1. The molecule has 126 valence electrons. The van der Waals surface area contributed by atoms with Crippen LogP contribution < -0.4 is 0 Å². The van der Waals surface area contributed by atoms with E-state index in [2.05, 4.69) is 14.5 Å². The van der Waals surface area contributed by atoms with E-state index in [4.69, 9.17) is 20.4 Å². The normalized spacial score (nSPS) is 13.2. The van der Waals surface area contributed by atoms with Crippen LogP contribution in [0.3, 0.4) is 0 Å². The summed E-state index contributed by atoms with van der Waals surface area (Å²) in [7, 11) is 10.2. The van der Waals surface area contributed by atoms with Gasteiger partial charge in [0.15, 0.2) is 0 Å². The van der Waals surface area contributed by atoms with Crippen LogP contribution in [0.15, 0.2) is 0 Å². The lowest BCUT2D eigenvalue weighted by Crippen LogP contribution is -2.23. The molecule has 2 N–H and O–H groups in total. The van der Waals surface area contributed by atoms with Gasteiger partial charge >= 0.3 is 0 Å². The van der Waals surface area contributed by atoms with Gasteiger partial charge in [-0.1, -0.05) is 13.7 Å². The number of hydrogen-bond acceptors (Lipinski definition) is 7. The molecule has 2 unspecified atom stereocenters. The van der Waals surface area contributed by atoms with Crippen molar-refractivity contribution >= 4 is 21.7 Å². The first-order valence-electron chi connectivity index (χ1n) is 6.84. The first-order chi connectivity index (χ1) is 10.1. The SMILES string of the molecule is C.[B]CCOOCC(O)COCCCC(O)COC(=O)C[B]. The second kappa shape index (κ2) is 16.8. The van der Waals surface area contributed by atoms with E-state index in [0.29, 0.717) is 25.8 Å². The summed E-state index contributed by atoms with van der Waals surface area (Å²) >= 11 is 0. The zero-order valence-electron chi connectivity index (χ0n) is 12.1. The first-order valence-corrected chi connectivity index (χ1v) is 6.84. The lowest BCUT2D eigenvalue weighted by Gasteiger charge is -2.13. The predicted octanol–water partition coefficient (Wildman–Crippen LogP) is -0.194. The van der Waals surface area contributed by atoms with Gasteiger partial charge in [0.2, 0.25) is 0 Å². The smallest absolute Gasteiger partial charge is 0.297 e. The van der Waals surface area contributed by atoms with Crippen LogP contribution in [0.5, 0.6) is 0 Å². The van der Waals surface area contributed by atoms with Gasteiger partial charge in [-0.3, -0.25) is 4.79 Å². The van der Waals surface area contributed by atoms with Crippen molar-refractivity contribution in [1.29, 1.82) is 0 Å². The Labute approximate surface area is 135 Å². The third-order valence-electron chi connectivity index (χ3n) is 2.28. The monoisotopic (exact) mass is 316 g/mol. The van der Waals surface area contributed by atoms with Crippen molar-refractivity contribution in [2.24, 2.45) is 0 Å². The molecule has 0 fully saturated rings. The fourth-order valence-corrected chi connectivity index (χ4v) is 1.25. The molecule has 0 saturated carbocycles. The molecular formula is C13H26B2O7. The van der Waals surface area contributed by atoms with E-state index in [9.17, 15) is 15.0 Å². The minimum Gasteiger partial charge on any atom is -0.463 e. The summed E-state index contributed by atoms with van der Waals surface area (Å²) in [6.45, 7) is 0.649. The van der Waals surface area contributed by atoms with Gasteiger partial charge in [0.25, 0.3) is 5.97 Å². The molecule has 0 rings (SSSR count). The Bertz CT molecular complexity index is 257. The maximum atomic E-state index is 10.8. The second-order valence-corrected chi connectivity index (χ2v) is 4.31. The van der Waals surface area contributed by atoms with E-state index in [1.165, 1.54) is 0 Å². The Hall–Kier alpha value is -0.600. The van der Waals surface area contributed by atoms with Crippen molar-refractivity contribution in [3.05, 3.63) is 0 Å². The van der Waals surface area contributed by atoms with E-state index in [-0.39, 0.29) is 40.2 Å². The summed E-state index contributed by atoms with van der Waals surface area (Å²) in [5.74, 6) is -0.551. The van der Waals surface area contributed by atoms with Gasteiger partial charge in [0.1, 0.15) is 19.3 Å². The van der Waals surface area contributed by atoms with Gasteiger partial charge in [-0.25, -0.2) is 9.78 Å². The topological polar surface area (TPSA) is 94.5 Å². The molecule has 0 heterocycles. The molecular weight excluding hydrogens is 290 g/mol. The van der Waals surface area contributed by atoms with Crippen LogP contribution >= 0.6 is 0 Å². The highest BCUT2D eigenvalue weighted by Gasteiger charge is 2.08. The number of hydrogen-bond donors (Lipinski definition) is 2. The van der Waals surface area contributed by atoms with Crippen LogP contribution in [0.2, 0.25) is 12.6 Å². The molecule has 0 spiro atoms. The molecule has 0 aromatic carbocycles. The van der Waals surface area contributed by atoms with Crippen molar-refractivity contribution in [2.45, 2.75) is 45.1 Å². The molecule has 0 aliphatic carbocycles. The standard InChI is InChI=1S/C12H22B2O7.CH4/c13-3-5-20-21-9-11(16)7-18-4-1-2-10(15)8-19-12(17)6-14;/h10-11,15-16H,1-9H2;1H4. The highest BCUT2D eigenvalue weighted by atomic mass is 17.2. The summed E-state index contributed by atoms with van der Waals surface area (Å²) in [5.41, 5.74) is 0. The van der Waals surface area contributed by atoms with Crippen molar-refractivity contribution in [3.8, 4) is 0 Å². The van der Waals surface area contributed by atoms with Crippen molar-refractivity contribution in [3.63, 3.8) is 0 Å². The Balaban J connectivity index is 0. The Morgan fingerprint density at radius 2 is 1.73 bits per heavy atom. The minimum atomic E-state index is -0.793. The van der Waals surface area contributed by atoms with Crippen LogP contribution in [-0.2, 0) is 24.0 Å². The van der Waals surface area contributed by atoms with E-state index < -0.39 is 18.2 Å². The van der Waals surface area contributed by atoms with Crippen molar-refractivity contribution < 1.29 is 34.3 Å². The van der Waals surface area contributed by atoms with Gasteiger partial charge < -0.3 is 19.7 Å². The zero-order chi connectivity index (χ0) is 15.9. The van der Waals surface area contributed by atoms with Crippen LogP contribution in [0.4, 0.5) is 0 Å². The lowest BCUT2D eigenvalue weighted by atomic mass is 10.1.